The Morgan fingerprint density at radius 3 is 2.62 bits per heavy atom. The van der Waals surface area contributed by atoms with Gasteiger partial charge in [0, 0.05) is 10.6 Å². The third-order valence-corrected chi connectivity index (χ3v) is 2.18. The van der Waals surface area contributed by atoms with Crippen molar-refractivity contribution in [1.82, 2.24) is 0 Å². The summed E-state index contributed by atoms with van der Waals surface area (Å²) in [5.74, 6) is -0.0431. The summed E-state index contributed by atoms with van der Waals surface area (Å²) in [6.45, 7) is 3.52. The van der Waals surface area contributed by atoms with Gasteiger partial charge in [-0.05, 0) is 12.1 Å². The third kappa shape index (κ3) is 2.15. The lowest BCUT2D eigenvalue weighted by molar-refractivity contribution is 0.466. The molecule has 0 bridgehead atoms. The Labute approximate surface area is 86.6 Å². The largest absolute Gasteiger partial charge is 0.506 e. The second-order valence-corrected chi connectivity index (χ2v) is 3.43. The molecule has 0 amide bonds. The summed E-state index contributed by atoms with van der Waals surface area (Å²) >= 11 is 11.4. The molecule has 0 aromatic heterocycles. The SMILES string of the molecule is C=C[C@H](N)c1cc(Cl)cc(Cl)c1O. The molecule has 13 heavy (non-hydrogen) atoms. The lowest BCUT2D eigenvalue weighted by Crippen LogP contribution is -2.06. The van der Waals surface area contributed by atoms with Crippen LogP contribution in [0.2, 0.25) is 10.0 Å². The van der Waals surface area contributed by atoms with Crippen molar-refractivity contribution in [3.05, 3.63) is 40.4 Å². The first-order valence-corrected chi connectivity index (χ1v) is 4.38. The van der Waals surface area contributed by atoms with Crippen LogP contribution in [0.1, 0.15) is 11.6 Å². The maximum Gasteiger partial charge on any atom is 0.139 e. The van der Waals surface area contributed by atoms with Crippen molar-refractivity contribution in [3.8, 4) is 5.75 Å². The van der Waals surface area contributed by atoms with E-state index >= 15 is 0 Å². The number of nitrogens with two attached hydrogens (primary N) is 1. The van der Waals surface area contributed by atoms with Crippen LogP contribution in [0.4, 0.5) is 0 Å². The number of halogens is 2. The van der Waals surface area contributed by atoms with E-state index < -0.39 is 6.04 Å². The molecule has 1 aromatic rings. The smallest absolute Gasteiger partial charge is 0.139 e. The van der Waals surface area contributed by atoms with Gasteiger partial charge in [-0.1, -0.05) is 29.3 Å². The Kier molecular flexibility index (Phi) is 3.20. The van der Waals surface area contributed by atoms with Crippen molar-refractivity contribution in [1.29, 1.82) is 0 Å². The Balaban J connectivity index is 3.27. The minimum Gasteiger partial charge on any atom is -0.506 e. The second kappa shape index (κ2) is 4.01. The van der Waals surface area contributed by atoms with Crippen LogP contribution in [0.3, 0.4) is 0 Å². The van der Waals surface area contributed by atoms with Gasteiger partial charge in [0.15, 0.2) is 0 Å². The van der Waals surface area contributed by atoms with Gasteiger partial charge in [0.05, 0.1) is 11.1 Å². The monoisotopic (exact) mass is 217 g/mol. The number of hydrogen-bond donors (Lipinski definition) is 2. The highest BCUT2D eigenvalue weighted by atomic mass is 35.5. The Bertz CT molecular complexity index is 339. The van der Waals surface area contributed by atoms with E-state index in [0.29, 0.717) is 10.6 Å². The summed E-state index contributed by atoms with van der Waals surface area (Å²) < 4.78 is 0. The number of phenolic OH excluding ortho intramolecular Hbond substituents is 1. The first-order valence-electron chi connectivity index (χ1n) is 3.62. The van der Waals surface area contributed by atoms with Crippen LogP contribution in [0.5, 0.6) is 5.75 Å². The van der Waals surface area contributed by atoms with Gasteiger partial charge < -0.3 is 10.8 Å². The van der Waals surface area contributed by atoms with Gasteiger partial charge in [-0.2, -0.15) is 0 Å². The molecule has 1 rings (SSSR count). The number of phenols is 1. The van der Waals surface area contributed by atoms with Crippen molar-refractivity contribution in [3.63, 3.8) is 0 Å². The van der Waals surface area contributed by atoms with E-state index in [4.69, 9.17) is 28.9 Å². The van der Waals surface area contributed by atoms with E-state index in [1.807, 2.05) is 0 Å². The lowest BCUT2D eigenvalue weighted by atomic mass is 10.1. The van der Waals surface area contributed by atoms with Crippen LogP contribution in [0, 0.1) is 0 Å². The van der Waals surface area contributed by atoms with Gasteiger partial charge in [-0.3, -0.25) is 0 Å². The highest BCUT2D eigenvalue weighted by Crippen LogP contribution is 2.34. The second-order valence-electron chi connectivity index (χ2n) is 2.59. The first-order chi connectivity index (χ1) is 6.06. The third-order valence-electron chi connectivity index (χ3n) is 1.67. The quantitative estimate of drug-likeness (QED) is 0.749. The van der Waals surface area contributed by atoms with Crippen molar-refractivity contribution in [2.75, 3.05) is 0 Å². The van der Waals surface area contributed by atoms with Crippen LogP contribution in [0.15, 0.2) is 24.8 Å². The molecule has 0 aliphatic heterocycles. The van der Waals surface area contributed by atoms with Crippen molar-refractivity contribution in [2.45, 2.75) is 6.04 Å². The molecule has 2 nitrogen and oxygen atoms in total. The van der Waals surface area contributed by atoms with Gasteiger partial charge in [-0.25, -0.2) is 0 Å². The fourth-order valence-corrected chi connectivity index (χ4v) is 1.48. The van der Waals surface area contributed by atoms with Gasteiger partial charge in [0.1, 0.15) is 5.75 Å². The fourth-order valence-electron chi connectivity index (χ4n) is 0.967. The van der Waals surface area contributed by atoms with Crippen molar-refractivity contribution in [2.24, 2.45) is 5.73 Å². The maximum absolute atomic E-state index is 9.51. The molecule has 0 aliphatic rings. The molecule has 3 N–H and O–H groups in total. The molecular weight excluding hydrogens is 209 g/mol. The summed E-state index contributed by atoms with van der Waals surface area (Å²) in [6, 6.07) is 2.56. The molecule has 0 saturated carbocycles. The molecule has 0 radical (unpaired) electrons. The van der Waals surface area contributed by atoms with Crippen LogP contribution in [-0.2, 0) is 0 Å². The van der Waals surface area contributed by atoms with E-state index in [1.165, 1.54) is 12.1 Å². The van der Waals surface area contributed by atoms with Crippen LogP contribution in [-0.4, -0.2) is 5.11 Å². The molecule has 0 spiro atoms. The van der Waals surface area contributed by atoms with Crippen LogP contribution in [0.25, 0.3) is 0 Å². The minimum atomic E-state index is -0.462. The van der Waals surface area contributed by atoms with Gasteiger partial charge in [0.2, 0.25) is 0 Å². The van der Waals surface area contributed by atoms with Crippen molar-refractivity contribution < 1.29 is 5.11 Å². The predicted molar refractivity (Wildman–Crippen MR) is 55.3 cm³/mol. The summed E-state index contributed by atoms with van der Waals surface area (Å²) in [7, 11) is 0. The Morgan fingerprint density at radius 2 is 2.08 bits per heavy atom. The average Bonchev–Trinajstić information content (AvgIpc) is 2.10. The number of hydrogen-bond acceptors (Lipinski definition) is 2. The van der Waals surface area contributed by atoms with Gasteiger partial charge >= 0.3 is 0 Å². The molecule has 0 unspecified atom stereocenters. The van der Waals surface area contributed by atoms with E-state index in [0.717, 1.165) is 0 Å². The molecule has 0 fully saturated rings. The van der Waals surface area contributed by atoms with E-state index in [-0.39, 0.29) is 10.8 Å². The van der Waals surface area contributed by atoms with E-state index in [2.05, 4.69) is 6.58 Å². The van der Waals surface area contributed by atoms with E-state index in [9.17, 15) is 5.11 Å². The molecule has 0 aliphatic carbocycles. The summed E-state index contributed by atoms with van der Waals surface area (Å²) in [5.41, 5.74) is 6.12. The number of benzene rings is 1. The zero-order valence-corrected chi connectivity index (χ0v) is 8.31. The maximum atomic E-state index is 9.51. The number of rotatable bonds is 2. The Hall–Kier alpha value is -0.700. The van der Waals surface area contributed by atoms with Gasteiger partial charge in [0.25, 0.3) is 0 Å². The molecular formula is C9H9Cl2NO. The molecule has 1 aromatic carbocycles. The number of aromatic hydroxyl groups is 1. The average molecular weight is 218 g/mol. The summed E-state index contributed by atoms with van der Waals surface area (Å²) in [6.07, 6.45) is 1.50. The topological polar surface area (TPSA) is 46.2 Å². The van der Waals surface area contributed by atoms with E-state index in [1.54, 1.807) is 6.07 Å². The van der Waals surface area contributed by atoms with Gasteiger partial charge in [-0.15, -0.1) is 6.58 Å². The molecule has 1 atom stereocenters. The van der Waals surface area contributed by atoms with Crippen LogP contribution >= 0.6 is 23.2 Å². The minimum absolute atomic E-state index is 0.0431. The summed E-state index contributed by atoms with van der Waals surface area (Å²) in [5, 5.41) is 10.1. The highest BCUT2D eigenvalue weighted by Gasteiger charge is 2.11. The standard InChI is InChI=1S/C9H9Cl2NO/c1-2-8(12)6-3-5(10)4-7(11)9(6)13/h2-4,8,13H,1,12H2/t8-/m0/s1. The molecule has 4 heteroatoms. The summed E-state index contributed by atoms with van der Waals surface area (Å²) in [4.78, 5) is 0. The van der Waals surface area contributed by atoms with Crippen LogP contribution < -0.4 is 5.73 Å². The Morgan fingerprint density at radius 1 is 1.46 bits per heavy atom. The predicted octanol–water partition coefficient (Wildman–Crippen LogP) is 2.88. The highest BCUT2D eigenvalue weighted by molar-refractivity contribution is 6.35. The molecule has 70 valence electrons. The fraction of sp³-hybridized carbons (Fsp3) is 0.111. The molecule has 0 heterocycles. The lowest BCUT2D eigenvalue weighted by Gasteiger charge is -2.10. The zero-order valence-electron chi connectivity index (χ0n) is 6.80. The normalized spacial score (nSPS) is 12.5. The molecule has 0 saturated heterocycles. The van der Waals surface area contributed by atoms with Crippen molar-refractivity contribution >= 4 is 23.2 Å². The first kappa shape index (κ1) is 10.4. The zero-order chi connectivity index (χ0) is 10.0.